The van der Waals surface area contributed by atoms with Gasteiger partial charge in [-0.2, -0.15) is 5.26 Å². The van der Waals surface area contributed by atoms with Gasteiger partial charge in [-0.1, -0.05) is 34.5 Å². The van der Waals surface area contributed by atoms with Crippen molar-refractivity contribution >= 4 is 49.7 Å². The fourth-order valence-electron chi connectivity index (χ4n) is 3.51. The minimum atomic E-state index is -3.94. The molecular weight excluding hydrogens is 491 g/mol. The van der Waals surface area contributed by atoms with Gasteiger partial charge in [0.2, 0.25) is 0 Å². The van der Waals surface area contributed by atoms with Gasteiger partial charge in [-0.3, -0.25) is 4.72 Å². The second-order valence-electron chi connectivity index (χ2n) is 7.15. The Balaban J connectivity index is 1.63. The molecule has 32 heavy (non-hydrogen) atoms. The molecule has 4 rings (SSSR count). The van der Waals surface area contributed by atoms with Crippen molar-refractivity contribution in [2.75, 3.05) is 17.8 Å². The Labute approximate surface area is 200 Å². The summed E-state index contributed by atoms with van der Waals surface area (Å²) in [5.74, 6) is 1.15. The zero-order chi connectivity index (χ0) is 22.7. The molecule has 1 aliphatic rings. The quantitative estimate of drug-likeness (QED) is 0.462. The van der Waals surface area contributed by atoms with E-state index in [2.05, 4.69) is 15.0 Å². The van der Waals surface area contributed by atoms with Crippen LogP contribution < -0.4 is 14.8 Å². The third kappa shape index (κ3) is 5.17. The second-order valence-corrected chi connectivity index (χ2v) is 10.9. The molecule has 0 atom stereocenters. The molecule has 7 nitrogen and oxygen atoms in total. The van der Waals surface area contributed by atoms with Crippen molar-refractivity contribution in [3.8, 4) is 17.6 Å². The van der Waals surface area contributed by atoms with Crippen LogP contribution in [0.5, 0.6) is 11.5 Å². The van der Waals surface area contributed by atoms with Crippen LogP contribution in [0.1, 0.15) is 29.9 Å². The number of ether oxygens (including phenoxy) is 1. The predicted octanol–water partition coefficient (Wildman–Crippen LogP) is 5.38. The minimum Gasteiger partial charge on any atom is -0.456 e. The van der Waals surface area contributed by atoms with Crippen molar-refractivity contribution < 1.29 is 13.2 Å². The van der Waals surface area contributed by atoms with Crippen molar-refractivity contribution in [2.45, 2.75) is 23.7 Å². The average molecular weight is 509 g/mol. The molecule has 0 aliphatic carbocycles. The van der Waals surface area contributed by atoms with E-state index >= 15 is 0 Å². The number of piperidine rings is 1. The van der Waals surface area contributed by atoms with Crippen LogP contribution >= 0.6 is 34.5 Å². The van der Waals surface area contributed by atoms with Gasteiger partial charge in [0.15, 0.2) is 5.13 Å². The molecule has 0 amide bonds. The maximum absolute atomic E-state index is 12.7. The van der Waals surface area contributed by atoms with Gasteiger partial charge in [0.25, 0.3) is 10.0 Å². The lowest BCUT2D eigenvalue weighted by Gasteiger charge is -2.25. The Hall–Kier alpha value is -2.35. The third-order valence-corrected chi connectivity index (χ3v) is 7.78. The molecule has 0 bridgehead atoms. The van der Waals surface area contributed by atoms with Crippen LogP contribution in [0.3, 0.4) is 0 Å². The molecule has 2 aromatic carbocycles. The van der Waals surface area contributed by atoms with E-state index in [1.54, 1.807) is 12.1 Å². The lowest BCUT2D eigenvalue weighted by atomic mass is 9.89. The molecule has 3 aromatic rings. The molecule has 0 saturated carbocycles. The molecule has 0 unspecified atom stereocenters. The fourth-order valence-corrected chi connectivity index (χ4v) is 5.77. The van der Waals surface area contributed by atoms with Gasteiger partial charge in [0, 0.05) is 5.02 Å². The summed E-state index contributed by atoms with van der Waals surface area (Å²) in [5, 5.41) is 13.7. The lowest BCUT2D eigenvalue weighted by Crippen LogP contribution is -2.26. The molecule has 1 aliphatic heterocycles. The topological polar surface area (TPSA) is 104 Å². The van der Waals surface area contributed by atoms with Crippen LogP contribution in [0.25, 0.3) is 0 Å². The number of nitriles is 1. The smallest absolute Gasteiger partial charge is 0.263 e. The van der Waals surface area contributed by atoms with E-state index in [0.717, 1.165) is 42.8 Å². The van der Waals surface area contributed by atoms with Gasteiger partial charge in [-0.25, -0.2) is 13.4 Å². The first-order valence-corrected chi connectivity index (χ1v) is 12.8. The molecular formula is C21H18Cl2N4O3S2. The van der Waals surface area contributed by atoms with Crippen molar-refractivity contribution in [1.29, 1.82) is 5.26 Å². The largest absolute Gasteiger partial charge is 0.456 e. The van der Waals surface area contributed by atoms with Crippen LogP contribution in [0.4, 0.5) is 5.13 Å². The molecule has 1 saturated heterocycles. The van der Waals surface area contributed by atoms with Crippen molar-refractivity contribution in [2.24, 2.45) is 0 Å². The third-order valence-electron chi connectivity index (χ3n) is 5.05. The molecule has 1 fully saturated rings. The summed E-state index contributed by atoms with van der Waals surface area (Å²) >= 11 is 13.0. The fraction of sp³-hybridized carbons (Fsp3) is 0.238. The van der Waals surface area contributed by atoms with Gasteiger partial charge < -0.3 is 10.1 Å². The molecule has 2 heterocycles. The number of nitrogens with zero attached hydrogens (tertiary/aromatic N) is 2. The van der Waals surface area contributed by atoms with E-state index in [0.29, 0.717) is 15.1 Å². The van der Waals surface area contributed by atoms with Gasteiger partial charge in [-0.15, -0.1) is 0 Å². The maximum Gasteiger partial charge on any atom is 0.263 e. The summed E-state index contributed by atoms with van der Waals surface area (Å²) in [5.41, 5.74) is 1.07. The highest BCUT2D eigenvalue weighted by Crippen LogP contribution is 2.38. The number of sulfonamides is 1. The van der Waals surface area contributed by atoms with E-state index in [-0.39, 0.29) is 27.3 Å². The van der Waals surface area contributed by atoms with Crippen molar-refractivity contribution in [3.63, 3.8) is 0 Å². The number of halogens is 2. The second kappa shape index (κ2) is 9.65. The minimum absolute atomic E-state index is 0.0811. The van der Waals surface area contributed by atoms with Gasteiger partial charge in [-0.05, 0) is 73.8 Å². The van der Waals surface area contributed by atoms with Crippen LogP contribution in [-0.4, -0.2) is 26.5 Å². The van der Waals surface area contributed by atoms with Crippen LogP contribution in [-0.2, 0) is 10.0 Å². The zero-order valence-electron chi connectivity index (χ0n) is 16.6. The highest BCUT2D eigenvalue weighted by atomic mass is 35.5. The number of hydrogen-bond donors (Lipinski definition) is 2. The number of thiazole rings is 1. The van der Waals surface area contributed by atoms with Crippen LogP contribution in [0.15, 0.2) is 47.5 Å². The van der Waals surface area contributed by atoms with Gasteiger partial charge in [0.05, 0.1) is 16.7 Å². The van der Waals surface area contributed by atoms with E-state index in [9.17, 15) is 13.7 Å². The average Bonchev–Trinajstić information content (AvgIpc) is 3.19. The summed E-state index contributed by atoms with van der Waals surface area (Å²) in [6.45, 7) is 1.81. The van der Waals surface area contributed by atoms with E-state index in [1.165, 1.54) is 24.4 Å². The first kappa shape index (κ1) is 22.8. The molecule has 166 valence electrons. The Morgan fingerprint density at radius 3 is 2.59 bits per heavy atom. The normalized spacial score (nSPS) is 14.7. The van der Waals surface area contributed by atoms with E-state index in [4.69, 9.17) is 27.9 Å². The van der Waals surface area contributed by atoms with Crippen LogP contribution in [0, 0.1) is 11.3 Å². The predicted molar refractivity (Wildman–Crippen MR) is 125 cm³/mol. The number of rotatable bonds is 6. The summed E-state index contributed by atoms with van der Waals surface area (Å²) in [4.78, 5) is 3.81. The Kier molecular flexibility index (Phi) is 6.88. The molecule has 0 radical (unpaired) electrons. The molecule has 0 spiro atoms. The first-order valence-electron chi connectivity index (χ1n) is 9.72. The number of hydrogen-bond acceptors (Lipinski definition) is 7. The number of aromatic nitrogens is 1. The molecule has 11 heteroatoms. The first-order chi connectivity index (χ1) is 15.4. The Morgan fingerprint density at radius 1 is 1.16 bits per heavy atom. The maximum atomic E-state index is 12.7. The standard InChI is InChI=1S/C21H18Cl2N4O3S2/c22-15-1-3-19(17(10-15)13-5-7-25-8-6-13)30-18-4-2-16(9-14(18)11-24)32(28,29)27-21-26-12-20(23)31-21/h1-4,9-10,12-13,25H,5-8H2,(H,26,27). The summed E-state index contributed by atoms with van der Waals surface area (Å²) in [7, 11) is -3.94. The Bertz CT molecular complexity index is 1280. The zero-order valence-corrected chi connectivity index (χ0v) is 19.8. The van der Waals surface area contributed by atoms with Gasteiger partial charge in [0.1, 0.15) is 21.9 Å². The van der Waals surface area contributed by atoms with E-state index in [1.807, 2.05) is 12.1 Å². The highest BCUT2D eigenvalue weighted by molar-refractivity contribution is 7.93. The lowest BCUT2D eigenvalue weighted by molar-refractivity contribution is 0.429. The van der Waals surface area contributed by atoms with Gasteiger partial charge >= 0.3 is 0 Å². The highest BCUT2D eigenvalue weighted by Gasteiger charge is 2.22. The summed E-state index contributed by atoms with van der Waals surface area (Å²) in [6.07, 6.45) is 3.25. The number of benzene rings is 2. The summed E-state index contributed by atoms with van der Waals surface area (Å²) < 4.78 is 34.2. The van der Waals surface area contributed by atoms with E-state index < -0.39 is 10.0 Å². The van der Waals surface area contributed by atoms with Crippen LogP contribution in [0.2, 0.25) is 9.36 Å². The SMILES string of the molecule is N#Cc1cc(S(=O)(=O)Nc2ncc(Cl)s2)ccc1Oc1ccc(Cl)cc1C1CCNCC1. The summed E-state index contributed by atoms with van der Waals surface area (Å²) in [6, 6.07) is 11.5. The number of anilines is 1. The molecule has 1 aromatic heterocycles. The number of nitrogens with one attached hydrogen (secondary N) is 2. The Morgan fingerprint density at radius 2 is 1.91 bits per heavy atom. The monoisotopic (exact) mass is 508 g/mol. The van der Waals surface area contributed by atoms with Crippen molar-refractivity contribution in [3.05, 3.63) is 63.1 Å². The molecule has 2 N–H and O–H groups in total. The van der Waals surface area contributed by atoms with Crippen molar-refractivity contribution in [1.82, 2.24) is 10.3 Å².